The Hall–Kier alpha value is -5.35. The van der Waals surface area contributed by atoms with Gasteiger partial charge in [-0.15, -0.1) is 0 Å². The van der Waals surface area contributed by atoms with Crippen LogP contribution in [0.1, 0.15) is 34.3 Å². The van der Waals surface area contributed by atoms with Gasteiger partial charge in [-0.2, -0.15) is 0 Å². The van der Waals surface area contributed by atoms with Crippen molar-refractivity contribution in [2.75, 3.05) is 33.2 Å². The zero-order valence-electron chi connectivity index (χ0n) is 26.7. The topological polar surface area (TPSA) is 131 Å². The second kappa shape index (κ2) is 14.0. The fourth-order valence-corrected chi connectivity index (χ4v) is 5.82. The highest BCUT2D eigenvalue weighted by molar-refractivity contribution is 5.98. The minimum absolute atomic E-state index is 0.0599. The van der Waals surface area contributed by atoms with Gasteiger partial charge in [0.05, 0.1) is 25.3 Å². The molecule has 0 unspecified atom stereocenters. The summed E-state index contributed by atoms with van der Waals surface area (Å²) < 4.78 is 18.3. The number of aromatic nitrogens is 4. The molecule has 5 aromatic rings. The van der Waals surface area contributed by atoms with Crippen LogP contribution in [0.2, 0.25) is 0 Å². The van der Waals surface area contributed by atoms with Gasteiger partial charge in [0.15, 0.2) is 23.1 Å². The number of carbonyl (C=O) groups excluding carboxylic acids is 1. The first-order valence-electron chi connectivity index (χ1n) is 15.5. The Morgan fingerprint density at radius 3 is 2.28 bits per heavy atom. The summed E-state index contributed by atoms with van der Waals surface area (Å²) in [6.45, 7) is 3.99. The van der Waals surface area contributed by atoms with E-state index < -0.39 is 0 Å². The minimum Gasteiger partial charge on any atom is -0.493 e. The molecular weight excluding hydrogens is 594 g/mol. The number of anilines is 1. The minimum atomic E-state index is -0.371. The molecule has 4 heterocycles. The molecule has 1 fully saturated rings. The second-order valence-corrected chi connectivity index (χ2v) is 11.8. The third kappa shape index (κ3) is 7.07. The van der Waals surface area contributed by atoms with Gasteiger partial charge in [0.1, 0.15) is 5.82 Å². The van der Waals surface area contributed by atoms with Gasteiger partial charge in [-0.05, 0) is 66.1 Å². The predicted octanol–water partition coefficient (Wildman–Crippen LogP) is 5.79. The van der Waals surface area contributed by atoms with Crippen molar-refractivity contribution in [3.8, 4) is 45.1 Å². The van der Waals surface area contributed by atoms with E-state index in [1.54, 1.807) is 45.2 Å². The van der Waals surface area contributed by atoms with Crippen molar-refractivity contribution in [3.05, 3.63) is 106 Å². The van der Waals surface area contributed by atoms with Crippen LogP contribution in [-0.2, 0) is 17.7 Å². The summed E-state index contributed by atoms with van der Waals surface area (Å²) >= 11 is 0. The van der Waals surface area contributed by atoms with Crippen LogP contribution in [-0.4, -0.2) is 52.7 Å². The highest BCUT2D eigenvalue weighted by Gasteiger charge is 2.21. The summed E-state index contributed by atoms with van der Waals surface area (Å²) in [6, 6.07) is 15.2. The fraction of sp³-hybridized carbons (Fsp3) is 0.270. The lowest BCUT2D eigenvalue weighted by Gasteiger charge is -2.23. The molecule has 0 atom stereocenters. The lowest BCUT2D eigenvalue weighted by atomic mass is 9.97. The molecule has 1 aliphatic heterocycles. The molecule has 240 valence electrons. The van der Waals surface area contributed by atoms with Crippen LogP contribution in [0.3, 0.4) is 0 Å². The molecular formula is C37H37N5O5. The van der Waals surface area contributed by atoms with Crippen LogP contribution in [0.25, 0.3) is 33.6 Å². The summed E-state index contributed by atoms with van der Waals surface area (Å²) in [5.41, 5.74) is 11.4. The van der Waals surface area contributed by atoms with Crippen molar-refractivity contribution in [2.45, 2.75) is 32.7 Å². The summed E-state index contributed by atoms with van der Waals surface area (Å²) in [5.74, 6) is 2.07. The first-order chi connectivity index (χ1) is 22.8. The smallest absolute Gasteiger partial charge is 0.203 e. The van der Waals surface area contributed by atoms with Crippen molar-refractivity contribution >= 4 is 11.6 Å². The number of Topliss-reactive ketones (excluding diaryl/α,β-unsaturated/α-hetero) is 1. The molecule has 1 aliphatic rings. The number of hydrogen-bond donors (Lipinski definition) is 1. The number of hydrogen-bond acceptors (Lipinski definition) is 9. The van der Waals surface area contributed by atoms with E-state index in [-0.39, 0.29) is 23.2 Å². The summed E-state index contributed by atoms with van der Waals surface area (Å²) in [6.07, 6.45) is 10.4. The number of methoxy groups -OCH3 is 2. The van der Waals surface area contributed by atoms with Gasteiger partial charge in [-0.3, -0.25) is 9.59 Å². The third-order valence-corrected chi connectivity index (χ3v) is 8.48. The standard InChI is InChI=1S/C37H37N5O5/c1-23-17-40-37(41-18-23)31-22-42(20-25-10-12-47-13-11-25)21-30(35(31)44)32(43)14-24-4-6-26(7-5-24)29-15-28(19-39-36(29)38)27-8-9-33(45-2)34(16-27)46-3/h4-9,15-19,21-22,25H,10-14,20H2,1-3H3,(H2,38,39). The van der Waals surface area contributed by atoms with E-state index in [2.05, 4.69) is 15.0 Å². The number of aryl methyl sites for hydroxylation is 1. The molecule has 0 saturated carbocycles. The maximum Gasteiger partial charge on any atom is 0.203 e. The zero-order chi connectivity index (χ0) is 32.9. The van der Waals surface area contributed by atoms with E-state index in [1.807, 2.05) is 60.0 Å². The first-order valence-corrected chi connectivity index (χ1v) is 15.5. The molecule has 0 spiro atoms. The average Bonchev–Trinajstić information content (AvgIpc) is 3.10. The lowest BCUT2D eigenvalue weighted by molar-refractivity contribution is 0.0612. The van der Waals surface area contributed by atoms with Gasteiger partial charge >= 0.3 is 0 Å². The van der Waals surface area contributed by atoms with Gasteiger partial charge in [-0.1, -0.05) is 30.3 Å². The van der Waals surface area contributed by atoms with Gasteiger partial charge in [0.25, 0.3) is 0 Å². The van der Waals surface area contributed by atoms with E-state index in [9.17, 15) is 9.59 Å². The second-order valence-electron chi connectivity index (χ2n) is 11.8. The Kier molecular flexibility index (Phi) is 9.40. The molecule has 47 heavy (non-hydrogen) atoms. The quantitative estimate of drug-likeness (QED) is 0.190. The number of nitrogen functional groups attached to an aromatic ring is 1. The Morgan fingerprint density at radius 2 is 1.57 bits per heavy atom. The Labute approximate surface area is 273 Å². The SMILES string of the molecule is COc1ccc(-c2cnc(N)c(-c3ccc(CC(=O)c4cn(CC5CCOCC5)cc(-c5ncc(C)cn5)c4=O)cc3)c2)cc1OC. The van der Waals surface area contributed by atoms with Crippen LogP contribution in [0.5, 0.6) is 11.5 Å². The largest absolute Gasteiger partial charge is 0.493 e. The van der Waals surface area contributed by atoms with Crippen molar-refractivity contribution in [2.24, 2.45) is 5.92 Å². The van der Waals surface area contributed by atoms with Gasteiger partial charge in [0.2, 0.25) is 5.43 Å². The summed E-state index contributed by atoms with van der Waals surface area (Å²) in [4.78, 5) is 40.6. The Balaban J connectivity index is 1.26. The van der Waals surface area contributed by atoms with Gasteiger partial charge in [0, 0.05) is 68.3 Å². The number of carbonyl (C=O) groups is 1. The number of benzene rings is 2. The van der Waals surface area contributed by atoms with E-state index in [0.717, 1.165) is 46.2 Å². The molecule has 0 bridgehead atoms. The normalized spacial score (nSPS) is 13.3. The van der Waals surface area contributed by atoms with Gasteiger partial charge < -0.3 is 24.5 Å². The number of nitrogens with zero attached hydrogens (tertiary/aromatic N) is 4. The highest BCUT2D eigenvalue weighted by atomic mass is 16.5. The van der Waals surface area contributed by atoms with E-state index in [1.165, 1.54) is 0 Å². The molecule has 0 radical (unpaired) electrons. The number of ether oxygens (including phenoxy) is 3. The molecule has 2 aromatic carbocycles. The van der Waals surface area contributed by atoms with Crippen LogP contribution in [0, 0.1) is 12.8 Å². The predicted molar refractivity (Wildman–Crippen MR) is 181 cm³/mol. The summed E-state index contributed by atoms with van der Waals surface area (Å²) in [7, 11) is 3.19. The van der Waals surface area contributed by atoms with Crippen molar-refractivity contribution < 1.29 is 19.0 Å². The molecule has 10 nitrogen and oxygen atoms in total. The monoisotopic (exact) mass is 631 g/mol. The molecule has 3 aromatic heterocycles. The van der Waals surface area contributed by atoms with E-state index >= 15 is 0 Å². The maximum atomic E-state index is 13.7. The Morgan fingerprint density at radius 1 is 0.872 bits per heavy atom. The highest BCUT2D eigenvalue weighted by Crippen LogP contribution is 2.35. The molecule has 2 N–H and O–H groups in total. The molecule has 0 amide bonds. The number of nitrogens with two attached hydrogens (primary N) is 1. The molecule has 1 saturated heterocycles. The Bertz CT molecular complexity index is 1950. The van der Waals surface area contributed by atoms with Gasteiger partial charge in [-0.25, -0.2) is 15.0 Å². The number of ketones is 1. The van der Waals surface area contributed by atoms with Crippen molar-refractivity contribution in [1.29, 1.82) is 0 Å². The maximum absolute atomic E-state index is 13.7. The lowest BCUT2D eigenvalue weighted by Crippen LogP contribution is -2.25. The van der Waals surface area contributed by atoms with E-state index in [4.69, 9.17) is 19.9 Å². The van der Waals surface area contributed by atoms with Crippen LogP contribution in [0.15, 0.2) is 84.3 Å². The number of pyridine rings is 2. The van der Waals surface area contributed by atoms with Crippen molar-refractivity contribution in [1.82, 2.24) is 19.5 Å². The first kappa shape index (κ1) is 31.6. The fourth-order valence-electron chi connectivity index (χ4n) is 5.82. The van der Waals surface area contributed by atoms with Crippen LogP contribution < -0.4 is 20.6 Å². The van der Waals surface area contributed by atoms with Crippen LogP contribution in [0.4, 0.5) is 5.82 Å². The molecule has 0 aliphatic carbocycles. The van der Waals surface area contributed by atoms with Crippen molar-refractivity contribution in [3.63, 3.8) is 0 Å². The zero-order valence-corrected chi connectivity index (χ0v) is 26.7. The average molecular weight is 632 g/mol. The molecule has 10 heteroatoms. The molecule has 6 rings (SSSR count). The summed E-state index contributed by atoms with van der Waals surface area (Å²) in [5, 5.41) is 0. The van der Waals surface area contributed by atoms with E-state index in [0.29, 0.717) is 54.4 Å². The third-order valence-electron chi connectivity index (χ3n) is 8.48. The van der Waals surface area contributed by atoms with Crippen LogP contribution >= 0.6 is 0 Å². The number of rotatable bonds is 10.